The topological polar surface area (TPSA) is 54.9 Å². The highest BCUT2D eigenvalue weighted by Gasteiger charge is 2.03. The fourth-order valence-electron chi connectivity index (χ4n) is 1.66. The van der Waals surface area contributed by atoms with E-state index in [0.29, 0.717) is 11.0 Å². The Hall–Kier alpha value is -2.01. The fourth-order valence-corrected chi connectivity index (χ4v) is 2.25. The van der Waals surface area contributed by atoms with E-state index < -0.39 is 0 Å². The van der Waals surface area contributed by atoms with E-state index in [1.807, 2.05) is 19.1 Å². The van der Waals surface area contributed by atoms with Gasteiger partial charge in [0, 0.05) is 6.08 Å². The van der Waals surface area contributed by atoms with Crippen LogP contribution in [-0.2, 0) is 4.79 Å². The van der Waals surface area contributed by atoms with E-state index in [1.54, 1.807) is 6.08 Å². The number of rotatable bonds is 4. The van der Waals surface area contributed by atoms with Crippen molar-refractivity contribution in [1.29, 1.82) is 0 Å². The maximum absolute atomic E-state index is 11.7. The summed E-state index contributed by atoms with van der Waals surface area (Å²) in [6, 6.07) is 8.18. The van der Waals surface area contributed by atoms with Gasteiger partial charge in [-0.25, -0.2) is 0 Å². The van der Waals surface area contributed by atoms with Crippen LogP contribution in [0.2, 0.25) is 0 Å². The second-order valence-electron chi connectivity index (χ2n) is 4.77. The van der Waals surface area contributed by atoms with Crippen LogP contribution < -0.4 is 5.32 Å². The van der Waals surface area contributed by atoms with Crippen molar-refractivity contribution in [1.82, 2.24) is 10.2 Å². The van der Waals surface area contributed by atoms with E-state index >= 15 is 0 Å². The van der Waals surface area contributed by atoms with E-state index in [4.69, 9.17) is 0 Å². The number of amides is 1. The lowest BCUT2D eigenvalue weighted by atomic mass is 10.0. The van der Waals surface area contributed by atoms with Crippen LogP contribution in [0.4, 0.5) is 5.13 Å². The molecule has 0 atom stereocenters. The van der Waals surface area contributed by atoms with Crippen LogP contribution in [0, 0.1) is 6.92 Å². The second kappa shape index (κ2) is 6.43. The molecule has 2 aromatic rings. The van der Waals surface area contributed by atoms with Crippen molar-refractivity contribution in [3.63, 3.8) is 0 Å². The Morgan fingerprint density at radius 1 is 1.25 bits per heavy atom. The molecule has 1 amide bonds. The van der Waals surface area contributed by atoms with Crippen molar-refractivity contribution in [2.24, 2.45) is 0 Å². The molecule has 1 N–H and O–H groups in total. The lowest BCUT2D eigenvalue weighted by molar-refractivity contribution is -0.111. The van der Waals surface area contributed by atoms with Gasteiger partial charge in [0.1, 0.15) is 5.01 Å². The molecular formula is C15H17N3OS. The highest BCUT2D eigenvalue weighted by molar-refractivity contribution is 7.15. The van der Waals surface area contributed by atoms with Crippen LogP contribution in [0.3, 0.4) is 0 Å². The maximum Gasteiger partial charge on any atom is 0.250 e. The Balaban J connectivity index is 1.96. The summed E-state index contributed by atoms with van der Waals surface area (Å²) in [7, 11) is 0. The van der Waals surface area contributed by atoms with Gasteiger partial charge in [0.05, 0.1) is 0 Å². The van der Waals surface area contributed by atoms with Crippen LogP contribution >= 0.6 is 11.3 Å². The van der Waals surface area contributed by atoms with E-state index in [-0.39, 0.29) is 5.91 Å². The molecule has 5 heteroatoms. The van der Waals surface area contributed by atoms with E-state index in [2.05, 4.69) is 41.5 Å². The highest BCUT2D eigenvalue weighted by Crippen LogP contribution is 2.16. The van der Waals surface area contributed by atoms with E-state index in [0.717, 1.165) is 10.6 Å². The summed E-state index contributed by atoms with van der Waals surface area (Å²) in [6.45, 7) is 6.16. The third kappa shape index (κ3) is 3.99. The first-order chi connectivity index (χ1) is 9.54. The number of nitrogens with one attached hydrogen (secondary N) is 1. The van der Waals surface area contributed by atoms with Crippen molar-refractivity contribution in [2.75, 3.05) is 5.32 Å². The van der Waals surface area contributed by atoms with E-state index in [9.17, 15) is 4.79 Å². The van der Waals surface area contributed by atoms with Gasteiger partial charge in [-0.3, -0.25) is 10.1 Å². The molecule has 0 radical (unpaired) electrons. The Morgan fingerprint density at radius 3 is 2.50 bits per heavy atom. The quantitative estimate of drug-likeness (QED) is 0.874. The minimum Gasteiger partial charge on any atom is -0.297 e. The third-order valence-corrected chi connectivity index (χ3v) is 3.54. The molecule has 1 heterocycles. The smallest absolute Gasteiger partial charge is 0.250 e. The van der Waals surface area contributed by atoms with Gasteiger partial charge in [0.25, 0.3) is 0 Å². The summed E-state index contributed by atoms with van der Waals surface area (Å²) in [6.07, 6.45) is 3.29. The van der Waals surface area contributed by atoms with Gasteiger partial charge in [-0.15, -0.1) is 10.2 Å². The summed E-state index contributed by atoms with van der Waals surface area (Å²) in [5, 5.41) is 11.7. The van der Waals surface area contributed by atoms with Crippen LogP contribution in [0.1, 0.15) is 35.9 Å². The van der Waals surface area contributed by atoms with Gasteiger partial charge in [0.15, 0.2) is 0 Å². The van der Waals surface area contributed by atoms with E-state index in [1.165, 1.54) is 23.0 Å². The second-order valence-corrected chi connectivity index (χ2v) is 5.95. The number of carbonyl (C=O) groups excluding carboxylic acids is 1. The van der Waals surface area contributed by atoms with Crippen molar-refractivity contribution >= 4 is 28.5 Å². The molecular weight excluding hydrogens is 270 g/mol. The number of aromatic nitrogens is 2. The summed E-state index contributed by atoms with van der Waals surface area (Å²) in [4.78, 5) is 11.7. The first-order valence-electron chi connectivity index (χ1n) is 6.44. The number of nitrogens with zero attached hydrogens (tertiary/aromatic N) is 2. The summed E-state index contributed by atoms with van der Waals surface area (Å²) in [5.74, 6) is 0.311. The number of hydrogen-bond acceptors (Lipinski definition) is 4. The number of hydrogen-bond donors (Lipinski definition) is 1. The predicted octanol–water partition coefficient (Wildman–Crippen LogP) is 3.62. The molecule has 20 heavy (non-hydrogen) atoms. The number of aryl methyl sites for hydroxylation is 1. The molecule has 1 aromatic carbocycles. The predicted molar refractivity (Wildman–Crippen MR) is 82.8 cm³/mol. The van der Waals surface area contributed by atoms with Crippen LogP contribution in [0.5, 0.6) is 0 Å². The zero-order valence-electron chi connectivity index (χ0n) is 11.8. The maximum atomic E-state index is 11.7. The standard InChI is InChI=1S/C15H17N3OS/c1-10(2)13-7-4-12(5-8-13)6-9-14(19)16-15-18-17-11(3)20-15/h4-10H,1-3H3,(H,16,18,19). The van der Waals surface area contributed by atoms with Crippen molar-refractivity contribution in [2.45, 2.75) is 26.7 Å². The first-order valence-corrected chi connectivity index (χ1v) is 7.25. The Bertz CT molecular complexity index is 614. The van der Waals surface area contributed by atoms with Crippen LogP contribution in [0.25, 0.3) is 6.08 Å². The first kappa shape index (κ1) is 14.4. The molecule has 0 unspecified atom stereocenters. The molecule has 0 aliphatic rings. The molecule has 0 saturated carbocycles. The zero-order chi connectivity index (χ0) is 14.5. The molecule has 104 valence electrons. The minimum atomic E-state index is -0.200. The van der Waals surface area contributed by atoms with Crippen molar-refractivity contribution < 1.29 is 4.79 Å². The van der Waals surface area contributed by atoms with Gasteiger partial charge >= 0.3 is 0 Å². The molecule has 0 saturated heterocycles. The van der Waals surface area contributed by atoms with Gasteiger partial charge in [-0.1, -0.05) is 49.4 Å². The minimum absolute atomic E-state index is 0.200. The normalized spacial score (nSPS) is 11.2. The van der Waals surface area contributed by atoms with Crippen LogP contribution in [0.15, 0.2) is 30.3 Å². The van der Waals surface area contributed by atoms with Crippen molar-refractivity contribution in [3.8, 4) is 0 Å². The average Bonchev–Trinajstić information content (AvgIpc) is 2.82. The molecule has 2 rings (SSSR count). The summed E-state index contributed by atoms with van der Waals surface area (Å²) < 4.78 is 0. The highest BCUT2D eigenvalue weighted by atomic mass is 32.1. The van der Waals surface area contributed by atoms with Gasteiger partial charge in [-0.2, -0.15) is 0 Å². The van der Waals surface area contributed by atoms with Crippen molar-refractivity contribution in [3.05, 3.63) is 46.5 Å². The number of benzene rings is 1. The zero-order valence-corrected chi connectivity index (χ0v) is 12.6. The molecule has 0 aliphatic heterocycles. The molecule has 0 fully saturated rings. The molecule has 0 aliphatic carbocycles. The monoisotopic (exact) mass is 287 g/mol. The lowest BCUT2D eigenvalue weighted by Crippen LogP contribution is -2.07. The lowest BCUT2D eigenvalue weighted by Gasteiger charge is -2.04. The molecule has 0 bridgehead atoms. The Morgan fingerprint density at radius 2 is 1.95 bits per heavy atom. The fraction of sp³-hybridized carbons (Fsp3) is 0.267. The summed E-state index contributed by atoms with van der Waals surface area (Å²) in [5.41, 5.74) is 2.29. The Kier molecular flexibility index (Phi) is 4.63. The van der Waals surface area contributed by atoms with Gasteiger partial charge in [0.2, 0.25) is 11.0 Å². The third-order valence-electron chi connectivity index (χ3n) is 2.79. The largest absolute Gasteiger partial charge is 0.297 e. The SMILES string of the molecule is Cc1nnc(NC(=O)C=Cc2ccc(C(C)C)cc2)s1. The average molecular weight is 287 g/mol. The molecule has 4 nitrogen and oxygen atoms in total. The molecule has 0 spiro atoms. The molecule has 1 aromatic heterocycles. The summed E-state index contributed by atoms with van der Waals surface area (Å²) >= 11 is 1.35. The Labute approximate surface area is 122 Å². The van der Waals surface area contributed by atoms with Gasteiger partial charge in [-0.05, 0) is 30.0 Å². The van der Waals surface area contributed by atoms with Gasteiger partial charge < -0.3 is 0 Å². The number of anilines is 1. The number of carbonyl (C=O) groups is 1. The van der Waals surface area contributed by atoms with Crippen LogP contribution in [-0.4, -0.2) is 16.1 Å².